The zero-order valence-electron chi connectivity index (χ0n) is 14.6. The molecule has 1 saturated heterocycles. The van der Waals surface area contributed by atoms with Gasteiger partial charge in [0.1, 0.15) is 0 Å². The molecule has 2 rings (SSSR count). The molecule has 1 aromatic rings. The molecule has 2 atom stereocenters. The lowest BCUT2D eigenvalue weighted by atomic mass is 9.55. The quantitative estimate of drug-likeness (QED) is 0.738. The Morgan fingerprint density at radius 3 is 1.95 bits per heavy atom. The molecule has 0 bridgehead atoms. The highest BCUT2D eigenvalue weighted by Gasteiger charge is 2.55. The Balaban J connectivity index is 2.28. The van der Waals surface area contributed by atoms with Crippen molar-refractivity contribution in [2.24, 2.45) is 0 Å². The maximum Gasteiger partial charge on any atom is 0.461 e. The van der Waals surface area contributed by atoms with Crippen LogP contribution < -0.4 is 0 Å². The van der Waals surface area contributed by atoms with Gasteiger partial charge in [-0.25, -0.2) is 0 Å². The van der Waals surface area contributed by atoms with Crippen molar-refractivity contribution in [1.29, 1.82) is 0 Å². The summed E-state index contributed by atoms with van der Waals surface area (Å²) < 4.78 is 12.5. The van der Waals surface area contributed by atoms with Crippen LogP contribution in [0, 0.1) is 0 Å². The van der Waals surface area contributed by atoms with Crippen LogP contribution in [0.4, 0.5) is 0 Å². The lowest BCUT2D eigenvalue weighted by Crippen LogP contribution is -2.41. The first kappa shape index (κ1) is 16.6. The fourth-order valence-corrected chi connectivity index (χ4v) is 3.00. The normalized spacial score (nSPS) is 24.6. The molecule has 21 heavy (non-hydrogen) atoms. The van der Waals surface area contributed by atoms with Crippen LogP contribution in [0.1, 0.15) is 60.5 Å². The molecule has 0 aromatic heterocycles. The van der Waals surface area contributed by atoms with E-state index in [1.165, 1.54) is 5.56 Å². The maximum atomic E-state index is 6.27. The highest BCUT2D eigenvalue weighted by molar-refractivity contribution is 6.47. The third kappa shape index (κ3) is 2.78. The van der Waals surface area contributed by atoms with E-state index in [1.807, 2.05) is 0 Å². The second-order valence-corrected chi connectivity index (χ2v) is 7.55. The summed E-state index contributed by atoms with van der Waals surface area (Å²) in [6.45, 7) is 15.3. The first-order valence-electron chi connectivity index (χ1n) is 8.05. The minimum absolute atomic E-state index is 0.0441. The predicted octanol–water partition coefficient (Wildman–Crippen LogP) is 4.84. The van der Waals surface area contributed by atoms with E-state index in [0.29, 0.717) is 0 Å². The van der Waals surface area contributed by atoms with Gasteiger partial charge in [-0.1, -0.05) is 51.1 Å². The summed E-state index contributed by atoms with van der Waals surface area (Å²) in [7, 11) is -0.167. The first-order valence-corrected chi connectivity index (χ1v) is 8.05. The lowest BCUT2D eigenvalue weighted by molar-refractivity contribution is 0.00578. The molecule has 1 fully saturated rings. The van der Waals surface area contributed by atoms with Crippen molar-refractivity contribution in [2.75, 3.05) is 0 Å². The molecule has 0 N–H and O–H groups in total. The minimum atomic E-state index is -0.267. The molecule has 0 saturated carbocycles. The Morgan fingerprint density at radius 2 is 1.52 bits per heavy atom. The van der Waals surface area contributed by atoms with Gasteiger partial charge in [0.05, 0.1) is 11.2 Å². The number of rotatable bonds is 4. The number of hydrogen-bond acceptors (Lipinski definition) is 2. The standard InChI is InChI=1S/C18H29BO2/c1-8-18(7,15-12-10-9-11-13-15)14(2)19-20-16(3,4)17(5,6)21-19/h9-14H,8H2,1-7H3/t14-,18-/m0/s1. The van der Waals surface area contributed by atoms with Crippen LogP contribution in [0.15, 0.2) is 30.3 Å². The molecule has 0 spiro atoms. The van der Waals surface area contributed by atoms with Crippen LogP contribution in [0.25, 0.3) is 0 Å². The first-order chi connectivity index (χ1) is 9.64. The fourth-order valence-electron chi connectivity index (χ4n) is 3.00. The van der Waals surface area contributed by atoms with Gasteiger partial charge in [0.25, 0.3) is 0 Å². The van der Waals surface area contributed by atoms with Crippen molar-refractivity contribution in [3.8, 4) is 0 Å². The summed E-state index contributed by atoms with van der Waals surface area (Å²) in [6.07, 6.45) is 1.06. The van der Waals surface area contributed by atoms with E-state index in [2.05, 4.69) is 78.8 Å². The molecule has 0 unspecified atom stereocenters. The largest absolute Gasteiger partial charge is 0.461 e. The molecule has 1 aliphatic heterocycles. The van der Waals surface area contributed by atoms with E-state index in [1.54, 1.807) is 0 Å². The lowest BCUT2D eigenvalue weighted by Gasteiger charge is -2.36. The monoisotopic (exact) mass is 288 g/mol. The molecular formula is C18H29BO2. The third-order valence-electron chi connectivity index (χ3n) is 5.85. The molecule has 0 amide bonds. The highest BCUT2D eigenvalue weighted by Crippen LogP contribution is 2.47. The average molecular weight is 288 g/mol. The van der Waals surface area contributed by atoms with E-state index in [9.17, 15) is 0 Å². The van der Waals surface area contributed by atoms with Crippen LogP contribution in [0.3, 0.4) is 0 Å². The Kier molecular flexibility index (Phi) is 4.29. The van der Waals surface area contributed by atoms with Gasteiger partial charge in [-0.2, -0.15) is 0 Å². The van der Waals surface area contributed by atoms with Crippen molar-refractivity contribution in [2.45, 2.75) is 77.3 Å². The van der Waals surface area contributed by atoms with E-state index in [0.717, 1.165) is 6.42 Å². The average Bonchev–Trinajstić information content (AvgIpc) is 2.66. The van der Waals surface area contributed by atoms with E-state index in [-0.39, 0.29) is 29.6 Å². The molecule has 1 aliphatic rings. The second kappa shape index (κ2) is 5.44. The molecule has 3 heteroatoms. The van der Waals surface area contributed by atoms with Gasteiger partial charge in [-0.05, 0) is 45.1 Å². The topological polar surface area (TPSA) is 18.5 Å². The van der Waals surface area contributed by atoms with Crippen molar-refractivity contribution in [3.63, 3.8) is 0 Å². The van der Waals surface area contributed by atoms with Crippen LogP contribution in [0.2, 0.25) is 5.82 Å². The van der Waals surface area contributed by atoms with Crippen LogP contribution in [-0.2, 0) is 14.7 Å². The highest BCUT2D eigenvalue weighted by atomic mass is 16.7. The van der Waals surface area contributed by atoms with Gasteiger partial charge < -0.3 is 9.31 Å². The molecule has 0 radical (unpaired) electrons. The summed E-state index contributed by atoms with van der Waals surface area (Å²) in [4.78, 5) is 0. The smallest absolute Gasteiger partial charge is 0.403 e. The molecule has 0 aliphatic carbocycles. The molecule has 1 aromatic carbocycles. The fraction of sp³-hybridized carbons (Fsp3) is 0.667. The Bertz CT molecular complexity index is 467. The Morgan fingerprint density at radius 1 is 1.05 bits per heavy atom. The van der Waals surface area contributed by atoms with E-state index >= 15 is 0 Å². The Labute approximate surface area is 130 Å². The third-order valence-corrected chi connectivity index (χ3v) is 5.85. The molecule has 1 heterocycles. The summed E-state index contributed by atoms with van der Waals surface area (Å²) in [6, 6.07) is 10.7. The zero-order chi connectivity index (χ0) is 15.9. The van der Waals surface area contributed by atoms with E-state index < -0.39 is 0 Å². The second-order valence-electron chi connectivity index (χ2n) is 7.55. The Hall–Kier alpha value is -0.795. The summed E-state index contributed by atoms with van der Waals surface area (Å²) in [5.74, 6) is 0.283. The van der Waals surface area contributed by atoms with Crippen molar-refractivity contribution in [1.82, 2.24) is 0 Å². The van der Waals surface area contributed by atoms with Crippen molar-refractivity contribution in [3.05, 3.63) is 35.9 Å². The van der Waals surface area contributed by atoms with Gasteiger partial charge in [-0.3, -0.25) is 0 Å². The maximum absolute atomic E-state index is 6.27. The molecule has 116 valence electrons. The van der Waals surface area contributed by atoms with Gasteiger partial charge in [0.15, 0.2) is 0 Å². The molecular weight excluding hydrogens is 259 g/mol. The van der Waals surface area contributed by atoms with Crippen LogP contribution >= 0.6 is 0 Å². The van der Waals surface area contributed by atoms with Crippen LogP contribution in [0.5, 0.6) is 0 Å². The summed E-state index contributed by atoms with van der Waals surface area (Å²) in [5, 5.41) is 0. The van der Waals surface area contributed by atoms with E-state index in [4.69, 9.17) is 9.31 Å². The van der Waals surface area contributed by atoms with Crippen molar-refractivity contribution < 1.29 is 9.31 Å². The number of hydrogen-bond donors (Lipinski definition) is 0. The van der Waals surface area contributed by atoms with Gasteiger partial charge in [-0.15, -0.1) is 0 Å². The zero-order valence-corrected chi connectivity index (χ0v) is 14.6. The molecule has 2 nitrogen and oxygen atoms in total. The summed E-state index contributed by atoms with van der Waals surface area (Å²) >= 11 is 0. The summed E-state index contributed by atoms with van der Waals surface area (Å²) in [5.41, 5.74) is 0.867. The van der Waals surface area contributed by atoms with Crippen molar-refractivity contribution >= 4 is 7.12 Å². The predicted molar refractivity (Wildman–Crippen MR) is 89.6 cm³/mol. The van der Waals surface area contributed by atoms with Gasteiger partial charge in [0, 0.05) is 5.82 Å². The SMILES string of the molecule is CC[C@](C)(c1ccccc1)[C@H](C)B1OC(C)(C)C(C)(C)O1. The minimum Gasteiger partial charge on any atom is -0.403 e. The van der Waals surface area contributed by atoms with Gasteiger partial charge >= 0.3 is 7.12 Å². The van der Waals surface area contributed by atoms with Gasteiger partial charge in [0.2, 0.25) is 0 Å². The van der Waals surface area contributed by atoms with Crippen LogP contribution in [-0.4, -0.2) is 18.3 Å². The number of benzene rings is 1.